The van der Waals surface area contributed by atoms with Gasteiger partial charge >= 0.3 is 5.97 Å². The van der Waals surface area contributed by atoms with Crippen LogP contribution in [-0.2, 0) is 14.4 Å². The summed E-state index contributed by atoms with van der Waals surface area (Å²) in [4.78, 5) is 37.0. The van der Waals surface area contributed by atoms with E-state index in [0.29, 0.717) is 29.9 Å². The highest BCUT2D eigenvalue weighted by Gasteiger charge is 2.46. The van der Waals surface area contributed by atoms with Gasteiger partial charge in [-0.3, -0.25) is 19.3 Å². The number of carboxylic acids is 1. The SMILES string of the molecule is CC1=C(C)C(=O)N(CC2(C(=O)O)CCC(C)CC2)C1=O. The lowest BCUT2D eigenvalue weighted by atomic mass is 9.70. The first-order valence-electron chi connectivity index (χ1n) is 7.05. The zero-order chi connectivity index (χ0) is 15.1. The zero-order valence-electron chi connectivity index (χ0n) is 12.2. The van der Waals surface area contributed by atoms with Gasteiger partial charge in [0.15, 0.2) is 0 Å². The molecule has 2 amide bonds. The first-order valence-corrected chi connectivity index (χ1v) is 7.05. The van der Waals surface area contributed by atoms with E-state index in [1.807, 2.05) is 0 Å². The van der Waals surface area contributed by atoms with E-state index >= 15 is 0 Å². The van der Waals surface area contributed by atoms with Crippen LogP contribution in [0.4, 0.5) is 0 Å². The van der Waals surface area contributed by atoms with Gasteiger partial charge in [0.05, 0.1) is 5.41 Å². The highest BCUT2D eigenvalue weighted by molar-refractivity contribution is 6.18. The number of carbonyl (C=O) groups excluding carboxylic acids is 2. The summed E-state index contributed by atoms with van der Waals surface area (Å²) in [6.07, 6.45) is 2.71. The van der Waals surface area contributed by atoms with Crippen molar-refractivity contribution in [3.8, 4) is 0 Å². The average molecular weight is 279 g/mol. The molecule has 1 aliphatic heterocycles. The molecule has 20 heavy (non-hydrogen) atoms. The predicted molar refractivity (Wildman–Crippen MR) is 72.8 cm³/mol. The molecule has 0 aromatic heterocycles. The van der Waals surface area contributed by atoms with E-state index in [9.17, 15) is 19.5 Å². The van der Waals surface area contributed by atoms with Crippen LogP contribution in [0.1, 0.15) is 46.5 Å². The number of hydrogen-bond acceptors (Lipinski definition) is 3. The highest BCUT2D eigenvalue weighted by Crippen LogP contribution is 2.41. The molecule has 2 aliphatic rings. The maximum absolute atomic E-state index is 12.1. The van der Waals surface area contributed by atoms with Crippen molar-refractivity contribution in [2.45, 2.75) is 46.5 Å². The maximum Gasteiger partial charge on any atom is 0.311 e. The molecule has 2 rings (SSSR count). The second-order valence-corrected chi connectivity index (χ2v) is 6.21. The normalized spacial score (nSPS) is 31.1. The number of carbonyl (C=O) groups is 3. The fraction of sp³-hybridized carbons (Fsp3) is 0.667. The molecule has 0 spiro atoms. The van der Waals surface area contributed by atoms with Crippen molar-refractivity contribution in [2.24, 2.45) is 11.3 Å². The quantitative estimate of drug-likeness (QED) is 0.801. The lowest BCUT2D eigenvalue weighted by Gasteiger charge is -2.37. The zero-order valence-corrected chi connectivity index (χ0v) is 12.2. The first kappa shape index (κ1) is 14.8. The molecular weight excluding hydrogens is 258 g/mol. The van der Waals surface area contributed by atoms with Crippen LogP contribution < -0.4 is 0 Å². The number of imide groups is 1. The lowest BCUT2D eigenvalue weighted by molar-refractivity contribution is -0.155. The highest BCUT2D eigenvalue weighted by atomic mass is 16.4. The smallest absolute Gasteiger partial charge is 0.311 e. The Bertz CT molecular complexity index is 474. The van der Waals surface area contributed by atoms with Gasteiger partial charge in [-0.25, -0.2) is 0 Å². The third kappa shape index (κ3) is 2.25. The molecule has 0 radical (unpaired) electrons. The van der Waals surface area contributed by atoms with Crippen LogP contribution in [0.5, 0.6) is 0 Å². The number of aliphatic carboxylic acids is 1. The Morgan fingerprint density at radius 3 is 2.05 bits per heavy atom. The topological polar surface area (TPSA) is 74.7 Å². The molecule has 5 heteroatoms. The summed E-state index contributed by atoms with van der Waals surface area (Å²) < 4.78 is 0. The van der Waals surface area contributed by atoms with Gasteiger partial charge in [0.1, 0.15) is 0 Å². The summed E-state index contributed by atoms with van der Waals surface area (Å²) in [5, 5.41) is 9.58. The number of amides is 2. The van der Waals surface area contributed by atoms with Crippen LogP contribution in [0.3, 0.4) is 0 Å². The molecule has 1 saturated carbocycles. The van der Waals surface area contributed by atoms with E-state index < -0.39 is 11.4 Å². The molecule has 1 N–H and O–H groups in total. The Labute approximate surface area is 118 Å². The number of hydrogen-bond donors (Lipinski definition) is 1. The molecule has 1 aliphatic carbocycles. The summed E-state index contributed by atoms with van der Waals surface area (Å²) in [7, 11) is 0. The van der Waals surface area contributed by atoms with E-state index in [-0.39, 0.29) is 18.4 Å². The molecule has 0 unspecified atom stereocenters. The van der Waals surface area contributed by atoms with Crippen LogP contribution in [0.15, 0.2) is 11.1 Å². The van der Waals surface area contributed by atoms with E-state index in [1.165, 1.54) is 0 Å². The van der Waals surface area contributed by atoms with Crippen molar-refractivity contribution < 1.29 is 19.5 Å². The van der Waals surface area contributed by atoms with Crippen molar-refractivity contribution in [1.29, 1.82) is 0 Å². The van der Waals surface area contributed by atoms with Crippen LogP contribution in [0.25, 0.3) is 0 Å². The Morgan fingerprint density at radius 1 is 1.20 bits per heavy atom. The van der Waals surface area contributed by atoms with E-state index in [0.717, 1.165) is 17.7 Å². The van der Waals surface area contributed by atoms with Crippen molar-refractivity contribution in [3.05, 3.63) is 11.1 Å². The van der Waals surface area contributed by atoms with Gasteiger partial charge in [0.25, 0.3) is 11.8 Å². The van der Waals surface area contributed by atoms with E-state index in [2.05, 4.69) is 6.92 Å². The Morgan fingerprint density at radius 2 is 1.65 bits per heavy atom. The van der Waals surface area contributed by atoms with Crippen molar-refractivity contribution >= 4 is 17.8 Å². The molecule has 5 nitrogen and oxygen atoms in total. The van der Waals surface area contributed by atoms with Crippen molar-refractivity contribution in [3.63, 3.8) is 0 Å². The van der Waals surface area contributed by atoms with Crippen LogP contribution >= 0.6 is 0 Å². The second-order valence-electron chi connectivity index (χ2n) is 6.21. The predicted octanol–water partition coefficient (Wildman–Crippen LogP) is 1.97. The van der Waals surface area contributed by atoms with Crippen LogP contribution in [0, 0.1) is 11.3 Å². The van der Waals surface area contributed by atoms with Crippen molar-refractivity contribution in [2.75, 3.05) is 6.54 Å². The third-order valence-electron chi connectivity index (χ3n) is 4.84. The van der Waals surface area contributed by atoms with Gasteiger partial charge in [-0.1, -0.05) is 6.92 Å². The number of rotatable bonds is 3. The van der Waals surface area contributed by atoms with Crippen LogP contribution in [0.2, 0.25) is 0 Å². The Kier molecular flexibility index (Phi) is 3.71. The van der Waals surface area contributed by atoms with Gasteiger partial charge in [0.2, 0.25) is 0 Å². The largest absolute Gasteiger partial charge is 0.481 e. The fourth-order valence-electron chi connectivity index (χ4n) is 3.02. The van der Waals surface area contributed by atoms with Gasteiger partial charge < -0.3 is 5.11 Å². The Balaban J connectivity index is 2.21. The molecule has 1 fully saturated rings. The molecule has 0 bridgehead atoms. The van der Waals surface area contributed by atoms with E-state index in [1.54, 1.807) is 13.8 Å². The molecule has 0 saturated heterocycles. The molecule has 1 heterocycles. The minimum Gasteiger partial charge on any atom is -0.481 e. The van der Waals surface area contributed by atoms with Gasteiger partial charge in [-0.15, -0.1) is 0 Å². The third-order valence-corrected chi connectivity index (χ3v) is 4.84. The minimum atomic E-state index is -0.970. The van der Waals surface area contributed by atoms with Crippen LogP contribution in [-0.4, -0.2) is 34.3 Å². The summed E-state index contributed by atoms with van der Waals surface area (Å²) in [5.74, 6) is -1.07. The molecule has 110 valence electrons. The summed E-state index contributed by atoms with van der Waals surface area (Å²) in [5.41, 5.74) is -0.109. The van der Waals surface area contributed by atoms with Gasteiger partial charge in [-0.05, 0) is 45.4 Å². The number of nitrogens with zero attached hydrogens (tertiary/aromatic N) is 1. The first-order chi connectivity index (χ1) is 9.28. The summed E-state index contributed by atoms with van der Waals surface area (Å²) in [6, 6.07) is 0. The maximum atomic E-state index is 12.1. The lowest BCUT2D eigenvalue weighted by Crippen LogP contribution is -2.47. The van der Waals surface area contributed by atoms with Gasteiger partial charge in [-0.2, -0.15) is 0 Å². The monoisotopic (exact) mass is 279 g/mol. The Hall–Kier alpha value is -1.65. The summed E-state index contributed by atoms with van der Waals surface area (Å²) in [6.45, 7) is 5.34. The summed E-state index contributed by atoms with van der Waals surface area (Å²) >= 11 is 0. The molecule has 0 aromatic rings. The minimum absolute atomic E-state index is 0.00139. The molecule has 0 atom stereocenters. The number of carboxylic acid groups (broad SMARTS) is 1. The van der Waals surface area contributed by atoms with E-state index in [4.69, 9.17) is 0 Å². The molecule has 0 aromatic carbocycles. The standard InChI is InChI=1S/C15H21NO4/c1-9-4-6-15(7-5-9,14(19)20)8-16-12(17)10(2)11(3)13(16)18/h9H,4-8H2,1-3H3,(H,19,20). The van der Waals surface area contributed by atoms with Gasteiger partial charge in [0, 0.05) is 17.7 Å². The average Bonchev–Trinajstić information content (AvgIpc) is 2.59. The van der Waals surface area contributed by atoms with Crippen molar-refractivity contribution in [1.82, 2.24) is 4.90 Å². The second kappa shape index (κ2) is 5.04. The molecular formula is C15H21NO4. The fourth-order valence-corrected chi connectivity index (χ4v) is 3.02.